The van der Waals surface area contributed by atoms with Gasteiger partial charge in [-0.25, -0.2) is 4.98 Å². The average Bonchev–Trinajstić information content (AvgIpc) is 3.28. The van der Waals surface area contributed by atoms with Gasteiger partial charge in [-0.2, -0.15) is 0 Å². The first kappa shape index (κ1) is 18.7. The van der Waals surface area contributed by atoms with Crippen molar-refractivity contribution in [2.45, 2.75) is 71.1 Å². The maximum absolute atomic E-state index is 12.8. The molecule has 2 aromatic rings. The van der Waals surface area contributed by atoms with Gasteiger partial charge in [-0.3, -0.25) is 4.79 Å². The zero-order valence-corrected chi connectivity index (χ0v) is 16.0. The van der Waals surface area contributed by atoms with Crippen LogP contribution in [0.5, 0.6) is 0 Å². The largest absolute Gasteiger partial charge is 0.465 e. The van der Waals surface area contributed by atoms with E-state index in [4.69, 9.17) is 4.42 Å². The summed E-state index contributed by atoms with van der Waals surface area (Å²) < 4.78 is 7.93. The lowest BCUT2D eigenvalue weighted by Gasteiger charge is -2.16. The fourth-order valence-electron chi connectivity index (χ4n) is 3.68. The van der Waals surface area contributed by atoms with Crippen molar-refractivity contribution in [1.82, 2.24) is 14.9 Å². The van der Waals surface area contributed by atoms with E-state index in [2.05, 4.69) is 10.3 Å². The van der Waals surface area contributed by atoms with Gasteiger partial charge in [0.25, 0.3) is 5.91 Å². The number of aliphatic hydroxyl groups excluding tert-OH is 1. The Hall–Kier alpha value is -2.08. The van der Waals surface area contributed by atoms with Gasteiger partial charge in [0.15, 0.2) is 0 Å². The topological polar surface area (TPSA) is 80.3 Å². The first-order valence-corrected chi connectivity index (χ1v) is 9.43. The molecule has 0 spiro atoms. The number of nitrogens with one attached hydrogen (secondary N) is 1. The van der Waals surface area contributed by atoms with E-state index in [0.29, 0.717) is 23.7 Å². The van der Waals surface area contributed by atoms with Crippen LogP contribution in [0, 0.1) is 5.92 Å². The van der Waals surface area contributed by atoms with Gasteiger partial charge in [-0.15, -0.1) is 0 Å². The lowest BCUT2D eigenvalue weighted by atomic mass is 10.0. The van der Waals surface area contributed by atoms with Gasteiger partial charge in [-0.1, -0.05) is 27.7 Å². The molecule has 1 amide bonds. The van der Waals surface area contributed by atoms with E-state index in [1.807, 2.05) is 44.5 Å². The molecule has 0 aliphatic heterocycles. The second-order valence-electron chi connectivity index (χ2n) is 7.98. The van der Waals surface area contributed by atoms with Gasteiger partial charge in [0.2, 0.25) is 0 Å². The minimum absolute atomic E-state index is 0.130. The molecule has 6 heteroatoms. The van der Waals surface area contributed by atoms with E-state index in [0.717, 1.165) is 18.7 Å². The van der Waals surface area contributed by atoms with Crippen LogP contribution in [0.4, 0.5) is 0 Å². The van der Waals surface area contributed by atoms with Gasteiger partial charge in [-0.05, 0) is 24.8 Å². The van der Waals surface area contributed by atoms with E-state index in [9.17, 15) is 9.90 Å². The summed E-state index contributed by atoms with van der Waals surface area (Å²) in [4.78, 5) is 16.9. The smallest absolute Gasteiger partial charge is 0.255 e. The first-order chi connectivity index (χ1) is 12.3. The summed E-state index contributed by atoms with van der Waals surface area (Å²) >= 11 is 0. The Morgan fingerprint density at radius 2 is 2.12 bits per heavy atom. The Labute approximate surface area is 154 Å². The molecule has 6 nitrogen and oxygen atoms in total. The Morgan fingerprint density at radius 1 is 1.35 bits per heavy atom. The highest BCUT2D eigenvalue weighted by atomic mass is 16.3. The molecule has 1 fully saturated rings. The molecule has 2 heterocycles. The number of carbonyl (C=O) groups excluding carboxylic acids is 1. The molecule has 142 valence electrons. The zero-order chi connectivity index (χ0) is 18.8. The minimum Gasteiger partial charge on any atom is -0.465 e. The van der Waals surface area contributed by atoms with Crippen LogP contribution in [0.25, 0.3) is 0 Å². The van der Waals surface area contributed by atoms with Crippen LogP contribution in [0.3, 0.4) is 0 Å². The molecule has 0 bridgehead atoms. The van der Waals surface area contributed by atoms with E-state index < -0.39 is 6.10 Å². The number of rotatable bonds is 6. The Balaban J connectivity index is 1.68. The number of hydrogen-bond donors (Lipinski definition) is 2. The zero-order valence-electron chi connectivity index (χ0n) is 16.0. The van der Waals surface area contributed by atoms with E-state index in [1.54, 1.807) is 12.5 Å². The number of carbonyl (C=O) groups is 1. The monoisotopic (exact) mass is 359 g/mol. The van der Waals surface area contributed by atoms with E-state index in [-0.39, 0.29) is 23.8 Å². The Morgan fingerprint density at radius 3 is 2.73 bits per heavy atom. The first-order valence-electron chi connectivity index (χ1n) is 9.43. The van der Waals surface area contributed by atoms with Crippen molar-refractivity contribution in [3.05, 3.63) is 41.9 Å². The third kappa shape index (κ3) is 4.01. The summed E-state index contributed by atoms with van der Waals surface area (Å²) in [6.07, 6.45) is 6.38. The number of aliphatic hydroxyl groups is 1. The van der Waals surface area contributed by atoms with Crippen LogP contribution < -0.4 is 5.32 Å². The summed E-state index contributed by atoms with van der Waals surface area (Å²) in [7, 11) is 0. The number of imidazole rings is 1. The maximum atomic E-state index is 12.8. The van der Waals surface area contributed by atoms with Gasteiger partial charge in [0.05, 0.1) is 24.0 Å². The molecule has 3 rings (SSSR count). The van der Waals surface area contributed by atoms with Crippen molar-refractivity contribution in [1.29, 1.82) is 0 Å². The Kier molecular flexibility index (Phi) is 5.51. The van der Waals surface area contributed by atoms with Crippen molar-refractivity contribution >= 4 is 5.91 Å². The van der Waals surface area contributed by atoms with E-state index in [1.165, 1.54) is 0 Å². The highest BCUT2D eigenvalue weighted by Gasteiger charge is 2.35. The van der Waals surface area contributed by atoms with Gasteiger partial charge in [0, 0.05) is 30.8 Å². The molecule has 2 aromatic heterocycles. The molecule has 1 aliphatic rings. The Bertz CT molecular complexity index is 734. The number of aromatic nitrogens is 2. The number of nitrogens with zero attached hydrogens (tertiary/aromatic N) is 2. The normalized spacial score (nSPS) is 23.1. The molecule has 0 radical (unpaired) electrons. The van der Waals surface area contributed by atoms with Crippen molar-refractivity contribution < 1.29 is 14.3 Å². The average molecular weight is 359 g/mol. The quantitative estimate of drug-likeness (QED) is 0.829. The number of hydrogen-bond acceptors (Lipinski definition) is 4. The predicted molar refractivity (Wildman–Crippen MR) is 99.1 cm³/mol. The van der Waals surface area contributed by atoms with Crippen LogP contribution in [-0.2, 0) is 6.54 Å². The van der Waals surface area contributed by atoms with Crippen LogP contribution >= 0.6 is 0 Å². The molecule has 1 aliphatic carbocycles. The second-order valence-corrected chi connectivity index (χ2v) is 7.98. The summed E-state index contributed by atoms with van der Waals surface area (Å²) in [6, 6.07) is 1.62. The highest BCUT2D eigenvalue weighted by Crippen LogP contribution is 2.30. The SMILES string of the molecule is CC(C)c1cc(C(=O)N[C@@H]2CC(Cn3ccnc3)C[C@H]2O)c(C(C)C)o1. The maximum Gasteiger partial charge on any atom is 0.255 e. The molecule has 1 unspecified atom stereocenters. The van der Waals surface area contributed by atoms with Crippen LogP contribution in [0.1, 0.15) is 74.3 Å². The van der Waals surface area contributed by atoms with Crippen molar-refractivity contribution in [3.8, 4) is 0 Å². The summed E-state index contributed by atoms with van der Waals surface area (Å²) in [6.45, 7) is 8.94. The fourth-order valence-corrected chi connectivity index (χ4v) is 3.68. The van der Waals surface area contributed by atoms with Crippen LogP contribution in [0.2, 0.25) is 0 Å². The molecule has 26 heavy (non-hydrogen) atoms. The highest BCUT2D eigenvalue weighted by molar-refractivity contribution is 5.95. The van der Waals surface area contributed by atoms with Gasteiger partial charge < -0.3 is 19.4 Å². The van der Waals surface area contributed by atoms with Crippen LogP contribution in [-0.4, -0.2) is 32.7 Å². The molecular formula is C20H29N3O3. The van der Waals surface area contributed by atoms with Crippen molar-refractivity contribution in [2.75, 3.05) is 0 Å². The standard InChI is InChI=1S/C20H29N3O3/c1-12(2)18-9-15(19(26-18)13(3)4)20(25)22-16-7-14(8-17(16)24)10-23-6-5-21-11-23/h5-6,9,11-14,16-17,24H,7-8,10H2,1-4H3,(H,22,25)/t14?,16-,17-/m1/s1. The van der Waals surface area contributed by atoms with Gasteiger partial charge >= 0.3 is 0 Å². The molecular weight excluding hydrogens is 330 g/mol. The lowest BCUT2D eigenvalue weighted by molar-refractivity contribution is 0.0870. The number of amides is 1. The van der Waals surface area contributed by atoms with Crippen LogP contribution in [0.15, 0.2) is 29.2 Å². The summed E-state index contributed by atoms with van der Waals surface area (Å²) in [5.74, 6) is 2.07. The summed E-state index contributed by atoms with van der Waals surface area (Å²) in [5, 5.41) is 13.4. The molecule has 3 atom stereocenters. The molecule has 0 saturated heterocycles. The third-order valence-electron chi connectivity index (χ3n) is 5.09. The predicted octanol–water partition coefficient (Wildman–Crippen LogP) is 3.29. The lowest BCUT2D eigenvalue weighted by Crippen LogP contribution is -2.40. The fraction of sp³-hybridized carbons (Fsp3) is 0.600. The van der Waals surface area contributed by atoms with Gasteiger partial charge in [0.1, 0.15) is 11.5 Å². The van der Waals surface area contributed by atoms with E-state index >= 15 is 0 Å². The third-order valence-corrected chi connectivity index (χ3v) is 5.09. The molecule has 1 saturated carbocycles. The van der Waals surface area contributed by atoms with Crippen molar-refractivity contribution in [2.24, 2.45) is 5.92 Å². The molecule has 2 N–H and O–H groups in total. The molecule has 0 aromatic carbocycles. The summed E-state index contributed by atoms with van der Waals surface area (Å²) in [5.41, 5.74) is 0.592. The van der Waals surface area contributed by atoms with Crippen molar-refractivity contribution in [3.63, 3.8) is 0 Å². The minimum atomic E-state index is -0.522. The number of furan rings is 1. The second kappa shape index (κ2) is 7.66.